The van der Waals surface area contributed by atoms with Crippen molar-refractivity contribution in [3.8, 4) is 0 Å². The Labute approximate surface area is 124 Å². The molecule has 0 amide bonds. The number of halogens is 1. The lowest BCUT2D eigenvalue weighted by atomic mass is 9.64. The Morgan fingerprint density at radius 2 is 2.24 bits per heavy atom. The molecule has 1 aliphatic carbocycles. The number of hydrogen-bond acceptors (Lipinski definition) is 4. The van der Waals surface area contributed by atoms with Gasteiger partial charge in [-0.05, 0) is 30.2 Å². The lowest BCUT2D eigenvalue weighted by Crippen LogP contribution is -2.60. The van der Waals surface area contributed by atoms with Gasteiger partial charge in [-0.15, -0.1) is 0 Å². The van der Waals surface area contributed by atoms with Crippen LogP contribution in [0.25, 0.3) is 0 Å². The van der Waals surface area contributed by atoms with Gasteiger partial charge in [0.1, 0.15) is 5.82 Å². The van der Waals surface area contributed by atoms with Crippen molar-refractivity contribution in [3.63, 3.8) is 0 Å². The van der Waals surface area contributed by atoms with Crippen LogP contribution in [0.5, 0.6) is 0 Å². The van der Waals surface area contributed by atoms with Crippen LogP contribution >= 0.6 is 0 Å². The minimum Gasteiger partial charge on any atom is -0.409 e. The number of benzene rings is 1. The Balaban J connectivity index is 2.03. The summed E-state index contributed by atoms with van der Waals surface area (Å²) in [5.41, 5.74) is 6.68. The number of methoxy groups -OCH3 is 1. The Morgan fingerprint density at radius 1 is 1.52 bits per heavy atom. The van der Waals surface area contributed by atoms with Crippen molar-refractivity contribution >= 4 is 5.84 Å². The molecule has 0 aromatic heterocycles. The summed E-state index contributed by atoms with van der Waals surface area (Å²) in [5.74, 6) is -0.502. The first-order chi connectivity index (χ1) is 9.88. The summed E-state index contributed by atoms with van der Waals surface area (Å²) < 4.78 is 19.0. The number of nitrogens with zero attached hydrogens (tertiary/aromatic N) is 1. The van der Waals surface area contributed by atoms with Gasteiger partial charge in [-0.25, -0.2) is 4.39 Å². The van der Waals surface area contributed by atoms with E-state index in [4.69, 9.17) is 15.7 Å². The summed E-state index contributed by atoms with van der Waals surface area (Å²) >= 11 is 0. The highest BCUT2D eigenvalue weighted by Gasteiger charge is 2.48. The number of amidine groups is 1. The monoisotopic (exact) mass is 295 g/mol. The quantitative estimate of drug-likeness (QED) is 0.335. The molecule has 0 aliphatic heterocycles. The Morgan fingerprint density at radius 3 is 2.81 bits per heavy atom. The van der Waals surface area contributed by atoms with Crippen LogP contribution in [0.15, 0.2) is 23.4 Å². The fourth-order valence-electron chi connectivity index (χ4n) is 2.83. The van der Waals surface area contributed by atoms with Gasteiger partial charge in [-0.1, -0.05) is 19.0 Å². The molecular weight excluding hydrogens is 273 g/mol. The summed E-state index contributed by atoms with van der Waals surface area (Å²) in [6, 6.07) is 4.72. The fourth-order valence-corrected chi connectivity index (χ4v) is 2.83. The second kappa shape index (κ2) is 5.99. The van der Waals surface area contributed by atoms with E-state index in [0.717, 1.165) is 12.0 Å². The molecule has 5 nitrogen and oxygen atoms in total. The van der Waals surface area contributed by atoms with E-state index in [2.05, 4.69) is 24.3 Å². The SMILES string of the molecule is COC1CC(NCc2cc(F)cc(/C(N)=N/O)c2)C1(C)C. The van der Waals surface area contributed by atoms with Gasteiger partial charge in [0.05, 0.1) is 6.10 Å². The van der Waals surface area contributed by atoms with Crippen molar-refractivity contribution in [1.29, 1.82) is 0 Å². The normalized spacial score (nSPS) is 24.7. The molecule has 0 heterocycles. The molecule has 0 radical (unpaired) electrons. The van der Waals surface area contributed by atoms with Gasteiger partial charge in [-0.2, -0.15) is 0 Å². The van der Waals surface area contributed by atoms with Crippen LogP contribution in [-0.2, 0) is 11.3 Å². The van der Waals surface area contributed by atoms with Crippen LogP contribution in [0, 0.1) is 11.2 Å². The maximum absolute atomic E-state index is 13.6. The third-order valence-corrected chi connectivity index (χ3v) is 4.38. The number of oxime groups is 1. The standard InChI is InChI=1S/C15H22FN3O2/c1-15(2)12(7-13(15)21-3)18-8-9-4-10(14(17)19-20)6-11(16)5-9/h4-6,12-13,18,20H,7-8H2,1-3H3,(H2,17,19). The molecule has 0 spiro atoms. The molecular formula is C15H22FN3O2. The molecule has 2 atom stereocenters. The predicted octanol–water partition coefficient (Wildman–Crippen LogP) is 1.82. The molecule has 2 rings (SSSR count). The maximum atomic E-state index is 13.6. The first kappa shape index (κ1) is 15.7. The highest BCUT2D eigenvalue weighted by molar-refractivity contribution is 5.97. The van der Waals surface area contributed by atoms with Crippen molar-refractivity contribution in [1.82, 2.24) is 5.32 Å². The first-order valence-corrected chi connectivity index (χ1v) is 6.92. The zero-order chi connectivity index (χ0) is 15.6. The van der Waals surface area contributed by atoms with Crippen molar-refractivity contribution in [2.75, 3.05) is 7.11 Å². The summed E-state index contributed by atoms with van der Waals surface area (Å²) in [4.78, 5) is 0. The van der Waals surface area contributed by atoms with Crippen molar-refractivity contribution in [2.24, 2.45) is 16.3 Å². The molecule has 4 N–H and O–H groups in total. The third kappa shape index (κ3) is 3.16. The van der Waals surface area contributed by atoms with Crippen LogP contribution in [0.3, 0.4) is 0 Å². The largest absolute Gasteiger partial charge is 0.409 e. The Kier molecular flexibility index (Phi) is 4.49. The molecule has 21 heavy (non-hydrogen) atoms. The number of nitrogens with one attached hydrogen (secondary N) is 1. The van der Waals surface area contributed by atoms with Gasteiger partial charge in [0.15, 0.2) is 5.84 Å². The van der Waals surface area contributed by atoms with Gasteiger partial charge in [-0.3, -0.25) is 0 Å². The highest BCUT2D eigenvalue weighted by Crippen LogP contribution is 2.42. The zero-order valence-corrected chi connectivity index (χ0v) is 12.6. The average Bonchev–Trinajstić information content (AvgIpc) is 2.44. The van der Waals surface area contributed by atoms with E-state index in [1.54, 1.807) is 13.2 Å². The van der Waals surface area contributed by atoms with E-state index >= 15 is 0 Å². The van der Waals surface area contributed by atoms with Gasteiger partial charge in [0.2, 0.25) is 0 Å². The van der Waals surface area contributed by atoms with E-state index in [-0.39, 0.29) is 17.4 Å². The van der Waals surface area contributed by atoms with Crippen LogP contribution in [0.1, 0.15) is 31.4 Å². The van der Waals surface area contributed by atoms with Crippen LogP contribution < -0.4 is 11.1 Å². The number of rotatable bonds is 5. The minimum absolute atomic E-state index is 0.0521. The lowest BCUT2D eigenvalue weighted by Gasteiger charge is -2.51. The lowest BCUT2D eigenvalue weighted by molar-refractivity contribution is -0.0979. The Bertz CT molecular complexity index is 546. The van der Waals surface area contributed by atoms with E-state index < -0.39 is 5.82 Å². The van der Waals surface area contributed by atoms with Crippen LogP contribution in [0.2, 0.25) is 0 Å². The summed E-state index contributed by atoms with van der Waals surface area (Å²) in [7, 11) is 1.72. The second-order valence-electron chi connectivity index (χ2n) is 6.05. The minimum atomic E-state index is -0.404. The summed E-state index contributed by atoms with van der Waals surface area (Å²) in [5, 5.41) is 15.0. The molecule has 1 aliphatic rings. The van der Waals surface area contributed by atoms with Gasteiger partial charge in [0.25, 0.3) is 0 Å². The topological polar surface area (TPSA) is 79.9 Å². The van der Waals surface area contributed by atoms with Crippen LogP contribution in [0.4, 0.5) is 4.39 Å². The molecule has 1 fully saturated rings. The van der Waals surface area contributed by atoms with Crippen molar-refractivity contribution in [3.05, 3.63) is 35.1 Å². The number of ether oxygens (including phenoxy) is 1. The molecule has 0 saturated heterocycles. The van der Waals surface area contributed by atoms with Gasteiger partial charge < -0.3 is 21.0 Å². The first-order valence-electron chi connectivity index (χ1n) is 6.92. The molecule has 116 valence electrons. The second-order valence-corrected chi connectivity index (χ2v) is 6.05. The Hall–Kier alpha value is -1.66. The van der Waals surface area contributed by atoms with E-state index in [1.807, 2.05) is 0 Å². The molecule has 0 bridgehead atoms. The highest BCUT2D eigenvalue weighted by atomic mass is 19.1. The predicted molar refractivity (Wildman–Crippen MR) is 78.7 cm³/mol. The molecule has 1 aromatic carbocycles. The van der Waals surface area contributed by atoms with Crippen molar-refractivity contribution < 1.29 is 14.3 Å². The molecule has 1 aromatic rings. The van der Waals surface area contributed by atoms with Gasteiger partial charge >= 0.3 is 0 Å². The van der Waals surface area contributed by atoms with Crippen LogP contribution in [-0.4, -0.2) is 30.3 Å². The molecule has 2 unspecified atom stereocenters. The van der Waals surface area contributed by atoms with E-state index in [9.17, 15) is 4.39 Å². The van der Waals surface area contributed by atoms with Crippen molar-refractivity contribution in [2.45, 2.75) is 39.0 Å². The smallest absolute Gasteiger partial charge is 0.170 e. The number of nitrogens with two attached hydrogens (primary N) is 1. The summed E-state index contributed by atoms with van der Waals surface area (Å²) in [6.07, 6.45) is 1.18. The molecule has 1 saturated carbocycles. The van der Waals surface area contributed by atoms with E-state index in [1.165, 1.54) is 12.1 Å². The third-order valence-electron chi connectivity index (χ3n) is 4.38. The fraction of sp³-hybridized carbons (Fsp3) is 0.533. The zero-order valence-electron chi connectivity index (χ0n) is 12.6. The maximum Gasteiger partial charge on any atom is 0.170 e. The van der Waals surface area contributed by atoms with E-state index in [0.29, 0.717) is 18.2 Å². The summed E-state index contributed by atoms with van der Waals surface area (Å²) in [6.45, 7) is 4.82. The average molecular weight is 295 g/mol. The molecule has 6 heteroatoms. The number of hydrogen-bond donors (Lipinski definition) is 3. The van der Waals surface area contributed by atoms with Gasteiger partial charge in [0, 0.05) is 30.7 Å².